The summed E-state index contributed by atoms with van der Waals surface area (Å²) >= 11 is 6.00. The van der Waals surface area contributed by atoms with Gasteiger partial charge < -0.3 is 4.42 Å². The number of furan rings is 1. The molecule has 3 heteroatoms. The van der Waals surface area contributed by atoms with Crippen molar-refractivity contribution < 1.29 is 4.42 Å². The van der Waals surface area contributed by atoms with Crippen LogP contribution in [0.4, 0.5) is 0 Å². The van der Waals surface area contributed by atoms with Gasteiger partial charge in [-0.05, 0) is 29.7 Å². The molecule has 0 aliphatic rings. The first-order chi connectivity index (χ1) is 7.84. The topological polar surface area (TPSA) is 26.0 Å². The number of nitrogens with zero attached hydrogens (tertiary/aromatic N) is 1. The minimum atomic E-state index is 0.531. The maximum atomic E-state index is 6.00. The lowest BCUT2D eigenvalue weighted by Gasteiger charge is -2.02. The molecular weight excluding hydrogens is 222 g/mol. The minimum absolute atomic E-state index is 0.531. The third-order valence-electron chi connectivity index (χ3n) is 2.52. The van der Waals surface area contributed by atoms with Crippen LogP contribution in [0.3, 0.4) is 0 Å². The Kier molecular flexibility index (Phi) is 2.15. The average molecular weight is 230 g/mol. The molecule has 0 N–H and O–H groups in total. The van der Waals surface area contributed by atoms with Gasteiger partial charge in [-0.1, -0.05) is 23.7 Å². The standard InChI is InChI=1S/C13H8ClNO/c14-13-11-4-3-10(12-2-1-7-16-12)8-9(11)5-6-15-13/h1-8H. The summed E-state index contributed by atoms with van der Waals surface area (Å²) in [7, 11) is 0. The molecule has 0 saturated carbocycles. The fourth-order valence-electron chi connectivity index (χ4n) is 1.74. The first kappa shape index (κ1) is 9.43. The molecule has 2 heterocycles. The largest absolute Gasteiger partial charge is 0.464 e. The van der Waals surface area contributed by atoms with E-state index in [1.807, 2.05) is 36.4 Å². The van der Waals surface area contributed by atoms with Gasteiger partial charge in [-0.15, -0.1) is 0 Å². The molecule has 0 unspecified atom stereocenters. The van der Waals surface area contributed by atoms with Crippen LogP contribution in [0, 0.1) is 0 Å². The monoisotopic (exact) mass is 229 g/mol. The van der Waals surface area contributed by atoms with Crippen molar-refractivity contribution in [2.24, 2.45) is 0 Å². The van der Waals surface area contributed by atoms with Crippen LogP contribution in [-0.2, 0) is 0 Å². The second kappa shape index (κ2) is 3.65. The predicted molar refractivity (Wildman–Crippen MR) is 64.5 cm³/mol. The second-order valence-corrected chi connectivity index (χ2v) is 3.87. The highest BCUT2D eigenvalue weighted by Crippen LogP contribution is 2.27. The van der Waals surface area contributed by atoms with E-state index in [1.54, 1.807) is 12.5 Å². The van der Waals surface area contributed by atoms with Gasteiger partial charge in [0, 0.05) is 17.1 Å². The summed E-state index contributed by atoms with van der Waals surface area (Å²) < 4.78 is 5.35. The van der Waals surface area contributed by atoms with E-state index in [0.717, 1.165) is 22.1 Å². The molecule has 0 spiro atoms. The number of hydrogen-bond donors (Lipinski definition) is 0. The van der Waals surface area contributed by atoms with Crippen molar-refractivity contribution in [1.29, 1.82) is 0 Å². The quantitative estimate of drug-likeness (QED) is 0.586. The SMILES string of the molecule is Clc1nccc2cc(-c3ccco3)ccc12. The summed E-state index contributed by atoms with van der Waals surface area (Å²) in [6.45, 7) is 0. The zero-order valence-electron chi connectivity index (χ0n) is 8.35. The van der Waals surface area contributed by atoms with Crippen LogP contribution in [-0.4, -0.2) is 4.98 Å². The smallest absolute Gasteiger partial charge is 0.136 e. The number of aromatic nitrogens is 1. The highest BCUT2D eigenvalue weighted by atomic mass is 35.5. The number of fused-ring (bicyclic) bond motifs is 1. The van der Waals surface area contributed by atoms with Crippen LogP contribution in [0.2, 0.25) is 5.15 Å². The fraction of sp³-hybridized carbons (Fsp3) is 0. The summed E-state index contributed by atoms with van der Waals surface area (Å²) in [6, 6.07) is 11.7. The first-order valence-electron chi connectivity index (χ1n) is 4.93. The highest BCUT2D eigenvalue weighted by Gasteiger charge is 2.04. The Morgan fingerprint density at radius 1 is 1.12 bits per heavy atom. The fourth-order valence-corrected chi connectivity index (χ4v) is 1.97. The van der Waals surface area contributed by atoms with Gasteiger partial charge in [0.05, 0.1) is 6.26 Å². The maximum absolute atomic E-state index is 6.00. The van der Waals surface area contributed by atoms with Crippen molar-refractivity contribution in [3.8, 4) is 11.3 Å². The summed E-state index contributed by atoms with van der Waals surface area (Å²) in [5.74, 6) is 0.856. The zero-order chi connectivity index (χ0) is 11.0. The van der Waals surface area contributed by atoms with Crippen LogP contribution in [0.15, 0.2) is 53.3 Å². The summed E-state index contributed by atoms with van der Waals surface area (Å²) in [4.78, 5) is 4.04. The Bertz CT molecular complexity index is 631. The van der Waals surface area contributed by atoms with Crippen molar-refractivity contribution in [2.75, 3.05) is 0 Å². The van der Waals surface area contributed by atoms with E-state index in [1.165, 1.54) is 0 Å². The third kappa shape index (κ3) is 1.48. The lowest BCUT2D eigenvalue weighted by atomic mass is 10.1. The van der Waals surface area contributed by atoms with Gasteiger partial charge >= 0.3 is 0 Å². The van der Waals surface area contributed by atoms with Crippen LogP contribution in [0.25, 0.3) is 22.1 Å². The second-order valence-electron chi connectivity index (χ2n) is 3.51. The van der Waals surface area contributed by atoms with Crippen molar-refractivity contribution in [3.05, 3.63) is 54.0 Å². The summed E-state index contributed by atoms with van der Waals surface area (Å²) in [5, 5.41) is 2.55. The van der Waals surface area contributed by atoms with Gasteiger partial charge in [0.1, 0.15) is 10.9 Å². The Balaban J connectivity index is 2.24. The van der Waals surface area contributed by atoms with Crippen molar-refractivity contribution in [2.45, 2.75) is 0 Å². The lowest BCUT2D eigenvalue weighted by molar-refractivity contribution is 0.582. The molecule has 0 fully saturated rings. The Labute approximate surface area is 97.5 Å². The first-order valence-corrected chi connectivity index (χ1v) is 5.30. The van der Waals surface area contributed by atoms with Gasteiger partial charge in [-0.2, -0.15) is 0 Å². The number of rotatable bonds is 1. The molecule has 16 heavy (non-hydrogen) atoms. The average Bonchev–Trinajstić information content (AvgIpc) is 2.82. The molecule has 0 atom stereocenters. The molecule has 0 bridgehead atoms. The minimum Gasteiger partial charge on any atom is -0.464 e. The molecule has 0 amide bonds. The van der Waals surface area contributed by atoms with Gasteiger partial charge in [0.15, 0.2) is 0 Å². The molecule has 78 valence electrons. The van der Waals surface area contributed by atoms with Gasteiger partial charge in [0.25, 0.3) is 0 Å². The van der Waals surface area contributed by atoms with Crippen molar-refractivity contribution in [1.82, 2.24) is 4.98 Å². The number of hydrogen-bond acceptors (Lipinski definition) is 2. The third-order valence-corrected chi connectivity index (χ3v) is 2.82. The van der Waals surface area contributed by atoms with E-state index in [0.29, 0.717) is 5.15 Å². The Hall–Kier alpha value is -1.80. The van der Waals surface area contributed by atoms with Crippen molar-refractivity contribution in [3.63, 3.8) is 0 Å². The van der Waals surface area contributed by atoms with Crippen LogP contribution < -0.4 is 0 Å². The van der Waals surface area contributed by atoms with Gasteiger partial charge in [0.2, 0.25) is 0 Å². The molecule has 0 saturated heterocycles. The van der Waals surface area contributed by atoms with E-state index in [-0.39, 0.29) is 0 Å². The maximum Gasteiger partial charge on any atom is 0.136 e. The number of halogens is 1. The predicted octanol–water partition coefficient (Wildman–Crippen LogP) is 4.15. The normalized spacial score (nSPS) is 10.8. The summed E-state index contributed by atoms with van der Waals surface area (Å²) in [5.41, 5.74) is 1.04. The van der Waals surface area contributed by atoms with E-state index >= 15 is 0 Å². The van der Waals surface area contributed by atoms with Gasteiger partial charge in [-0.3, -0.25) is 0 Å². The van der Waals surface area contributed by atoms with Crippen molar-refractivity contribution >= 4 is 22.4 Å². The number of benzene rings is 1. The zero-order valence-corrected chi connectivity index (χ0v) is 9.11. The number of pyridine rings is 1. The molecule has 0 radical (unpaired) electrons. The molecule has 3 rings (SSSR count). The van der Waals surface area contributed by atoms with Crippen LogP contribution in [0.1, 0.15) is 0 Å². The van der Waals surface area contributed by atoms with Gasteiger partial charge in [-0.25, -0.2) is 4.98 Å². The highest BCUT2D eigenvalue weighted by molar-refractivity contribution is 6.34. The van der Waals surface area contributed by atoms with Crippen LogP contribution >= 0.6 is 11.6 Å². The molecule has 0 aliphatic heterocycles. The van der Waals surface area contributed by atoms with Crippen LogP contribution in [0.5, 0.6) is 0 Å². The molecule has 2 aromatic heterocycles. The van der Waals surface area contributed by atoms with E-state index in [4.69, 9.17) is 16.0 Å². The van der Waals surface area contributed by atoms with E-state index in [9.17, 15) is 0 Å². The molecular formula is C13H8ClNO. The Morgan fingerprint density at radius 3 is 2.88 bits per heavy atom. The molecule has 1 aromatic carbocycles. The van der Waals surface area contributed by atoms with E-state index in [2.05, 4.69) is 4.98 Å². The Morgan fingerprint density at radius 2 is 2.06 bits per heavy atom. The molecule has 0 aliphatic carbocycles. The lowest BCUT2D eigenvalue weighted by Crippen LogP contribution is -1.80. The molecule has 2 nitrogen and oxygen atoms in total. The summed E-state index contributed by atoms with van der Waals surface area (Å²) in [6.07, 6.45) is 3.37. The van der Waals surface area contributed by atoms with E-state index < -0.39 is 0 Å². The molecule has 3 aromatic rings.